The molecule has 1 aromatic rings. The maximum absolute atomic E-state index is 3.18. The van der Waals surface area contributed by atoms with E-state index in [0.717, 1.165) is 5.92 Å². The van der Waals surface area contributed by atoms with Crippen LogP contribution in [-0.4, -0.2) is 20.1 Å². The molecule has 76 valence electrons. The SMILES string of the molecule is CNc1cccc(N2CC[C@H](C)C2)c1. The molecule has 1 heterocycles. The first-order chi connectivity index (χ1) is 6.79. The van der Waals surface area contributed by atoms with Gasteiger partial charge in [0, 0.05) is 31.5 Å². The molecule has 0 bridgehead atoms. The summed E-state index contributed by atoms with van der Waals surface area (Å²) in [5.41, 5.74) is 2.54. The third-order valence-corrected chi connectivity index (χ3v) is 2.92. The molecule has 2 nitrogen and oxygen atoms in total. The summed E-state index contributed by atoms with van der Waals surface area (Å²) in [7, 11) is 1.96. The predicted molar refractivity (Wildman–Crippen MR) is 62.0 cm³/mol. The van der Waals surface area contributed by atoms with Gasteiger partial charge in [-0.1, -0.05) is 13.0 Å². The molecule has 1 saturated heterocycles. The lowest BCUT2D eigenvalue weighted by Crippen LogP contribution is -2.18. The molecule has 0 aliphatic carbocycles. The third kappa shape index (κ3) is 1.84. The largest absolute Gasteiger partial charge is 0.388 e. The van der Waals surface area contributed by atoms with Crippen molar-refractivity contribution in [3.05, 3.63) is 24.3 Å². The lowest BCUT2D eigenvalue weighted by Gasteiger charge is -2.18. The fraction of sp³-hybridized carbons (Fsp3) is 0.500. The highest BCUT2D eigenvalue weighted by molar-refractivity contribution is 5.58. The van der Waals surface area contributed by atoms with E-state index in [1.54, 1.807) is 0 Å². The summed E-state index contributed by atoms with van der Waals surface area (Å²) in [4.78, 5) is 2.46. The van der Waals surface area contributed by atoms with Crippen LogP contribution in [0.2, 0.25) is 0 Å². The number of rotatable bonds is 2. The maximum Gasteiger partial charge on any atom is 0.0387 e. The van der Waals surface area contributed by atoms with Gasteiger partial charge in [0.15, 0.2) is 0 Å². The molecule has 0 aromatic heterocycles. The number of nitrogens with zero attached hydrogens (tertiary/aromatic N) is 1. The Morgan fingerprint density at radius 3 is 2.93 bits per heavy atom. The first-order valence-electron chi connectivity index (χ1n) is 5.32. The minimum atomic E-state index is 0.841. The number of benzene rings is 1. The van der Waals surface area contributed by atoms with Gasteiger partial charge in [-0.25, -0.2) is 0 Å². The fourth-order valence-electron chi connectivity index (χ4n) is 2.03. The van der Waals surface area contributed by atoms with Crippen molar-refractivity contribution < 1.29 is 0 Å². The quantitative estimate of drug-likeness (QED) is 0.771. The van der Waals surface area contributed by atoms with Gasteiger partial charge in [0.2, 0.25) is 0 Å². The summed E-state index contributed by atoms with van der Waals surface area (Å²) in [6.07, 6.45) is 1.32. The minimum Gasteiger partial charge on any atom is -0.388 e. The van der Waals surface area contributed by atoms with Crippen molar-refractivity contribution in [3.63, 3.8) is 0 Å². The average molecular weight is 190 g/mol. The van der Waals surface area contributed by atoms with E-state index in [9.17, 15) is 0 Å². The molecule has 0 unspecified atom stereocenters. The van der Waals surface area contributed by atoms with Gasteiger partial charge in [-0.05, 0) is 30.5 Å². The number of hydrogen-bond acceptors (Lipinski definition) is 2. The van der Waals surface area contributed by atoms with Crippen LogP contribution in [0.1, 0.15) is 13.3 Å². The van der Waals surface area contributed by atoms with Crippen LogP contribution in [0.25, 0.3) is 0 Å². The van der Waals surface area contributed by atoms with Crippen molar-refractivity contribution in [2.75, 3.05) is 30.4 Å². The number of anilines is 2. The zero-order chi connectivity index (χ0) is 9.97. The number of hydrogen-bond donors (Lipinski definition) is 1. The molecule has 1 atom stereocenters. The van der Waals surface area contributed by atoms with E-state index in [2.05, 4.69) is 41.4 Å². The maximum atomic E-state index is 3.18. The standard InChI is InChI=1S/C12H18N2/c1-10-6-7-14(9-10)12-5-3-4-11(8-12)13-2/h3-5,8,10,13H,6-7,9H2,1-2H3/t10-/m0/s1. The summed E-state index contributed by atoms with van der Waals surface area (Å²) < 4.78 is 0. The smallest absolute Gasteiger partial charge is 0.0387 e. The fourth-order valence-corrected chi connectivity index (χ4v) is 2.03. The molecule has 1 fully saturated rings. The van der Waals surface area contributed by atoms with Gasteiger partial charge in [0.1, 0.15) is 0 Å². The normalized spacial score (nSPS) is 21.3. The topological polar surface area (TPSA) is 15.3 Å². The van der Waals surface area contributed by atoms with Crippen molar-refractivity contribution in [1.82, 2.24) is 0 Å². The minimum absolute atomic E-state index is 0.841. The second-order valence-electron chi connectivity index (χ2n) is 4.14. The van der Waals surface area contributed by atoms with Gasteiger partial charge in [0.05, 0.1) is 0 Å². The molecule has 0 amide bonds. The van der Waals surface area contributed by atoms with Gasteiger partial charge < -0.3 is 10.2 Å². The van der Waals surface area contributed by atoms with Crippen LogP contribution in [0.15, 0.2) is 24.3 Å². The predicted octanol–water partition coefficient (Wildman–Crippen LogP) is 2.57. The zero-order valence-electron chi connectivity index (χ0n) is 8.96. The summed E-state index contributed by atoms with van der Waals surface area (Å²) in [6, 6.07) is 8.63. The lowest BCUT2D eigenvalue weighted by molar-refractivity contribution is 0.659. The second kappa shape index (κ2) is 3.91. The van der Waals surface area contributed by atoms with E-state index in [0.29, 0.717) is 0 Å². The van der Waals surface area contributed by atoms with Crippen molar-refractivity contribution in [2.45, 2.75) is 13.3 Å². The van der Waals surface area contributed by atoms with Crippen LogP contribution in [0, 0.1) is 5.92 Å². The van der Waals surface area contributed by atoms with Crippen LogP contribution in [0.5, 0.6) is 0 Å². The molecule has 0 spiro atoms. The van der Waals surface area contributed by atoms with Crippen molar-refractivity contribution >= 4 is 11.4 Å². The highest BCUT2D eigenvalue weighted by atomic mass is 15.1. The molecule has 2 heteroatoms. The molecule has 1 aromatic carbocycles. The molecular formula is C12H18N2. The van der Waals surface area contributed by atoms with Crippen LogP contribution >= 0.6 is 0 Å². The Bertz CT molecular complexity index is 309. The lowest BCUT2D eigenvalue weighted by atomic mass is 10.2. The third-order valence-electron chi connectivity index (χ3n) is 2.92. The summed E-state index contributed by atoms with van der Waals surface area (Å²) in [5, 5.41) is 3.18. The summed E-state index contributed by atoms with van der Waals surface area (Å²) in [6.45, 7) is 4.73. The molecule has 2 rings (SSSR count). The Labute approximate surface area is 85.9 Å². The monoisotopic (exact) mass is 190 g/mol. The van der Waals surface area contributed by atoms with Gasteiger partial charge >= 0.3 is 0 Å². The molecular weight excluding hydrogens is 172 g/mol. The van der Waals surface area contributed by atoms with E-state index in [-0.39, 0.29) is 0 Å². The Morgan fingerprint density at radius 2 is 2.29 bits per heavy atom. The van der Waals surface area contributed by atoms with Crippen molar-refractivity contribution in [3.8, 4) is 0 Å². The summed E-state index contributed by atoms with van der Waals surface area (Å²) in [5.74, 6) is 0.841. The van der Waals surface area contributed by atoms with E-state index in [4.69, 9.17) is 0 Å². The zero-order valence-corrected chi connectivity index (χ0v) is 8.96. The van der Waals surface area contributed by atoms with E-state index >= 15 is 0 Å². The summed E-state index contributed by atoms with van der Waals surface area (Å²) >= 11 is 0. The van der Waals surface area contributed by atoms with Crippen LogP contribution in [-0.2, 0) is 0 Å². The van der Waals surface area contributed by atoms with Gasteiger partial charge in [-0.3, -0.25) is 0 Å². The molecule has 0 saturated carbocycles. The van der Waals surface area contributed by atoms with Crippen molar-refractivity contribution in [1.29, 1.82) is 0 Å². The molecule has 1 aliphatic rings. The first-order valence-corrected chi connectivity index (χ1v) is 5.32. The van der Waals surface area contributed by atoms with Gasteiger partial charge in [-0.15, -0.1) is 0 Å². The molecule has 14 heavy (non-hydrogen) atoms. The van der Waals surface area contributed by atoms with Crippen LogP contribution in [0.3, 0.4) is 0 Å². The Hall–Kier alpha value is -1.18. The molecule has 1 N–H and O–H groups in total. The van der Waals surface area contributed by atoms with Gasteiger partial charge in [0.25, 0.3) is 0 Å². The molecule has 0 radical (unpaired) electrons. The molecule has 1 aliphatic heterocycles. The van der Waals surface area contributed by atoms with Crippen LogP contribution < -0.4 is 10.2 Å². The Balaban J connectivity index is 2.15. The van der Waals surface area contributed by atoms with E-state index in [1.165, 1.54) is 30.9 Å². The van der Waals surface area contributed by atoms with E-state index < -0.39 is 0 Å². The second-order valence-corrected chi connectivity index (χ2v) is 4.14. The average Bonchev–Trinajstić information content (AvgIpc) is 2.65. The Kier molecular flexibility index (Phi) is 2.62. The highest BCUT2D eigenvalue weighted by Gasteiger charge is 2.18. The number of nitrogens with one attached hydrogen (secondary N) is 1. The van der Waals surface area contributed by atoms with Crippen molar-refractivity contribution in [2.24, 2.45) is 5.92 Å². The van der Waals surface area contributed by atoms with Gasteiger partial charge in [-0.2, -0.15) is 0 Å². The highest BCUT2D eigenvalue weighted by Crippen LogP contribution is 2.25. The Morgan fingerprint density at radius 1 is 1.43 bits per heavy atom. The first kappa shape index (κ1) is 9.38. The van der Waals surface area contributed by atoms with E-state index in [1.807, 2.05) is 7.05 Å². The van der Waals surface area contributed by atoms with Crippen LogP contribution in [0.4, 0.5) is 11.4 Å².